The van der Waals surface area contributed by atoms with Crippen molar-refractivity contribution in [2.75, 3.05) is 31.1 Å². The van der Waals surface area contributed by atoms with Crippen molar-refractivity contribution in [3.63, 3.8) is 0 Å². The second-order valence-corrected chi connectivity index (χ2v) is 6.30. The molecule has 0 amide bonds. The van der Waals surface area contributed by atoms with E-state index in [1.165, 1.54) is 17.7 Å². The molecule has 2 aromatic rings. The Morgan fingerprint density at radius 1 is 0.957 bits per heavy atom. The Balaban J connectivity index is 1.61. The molecule has 1 fully saturated rings. The highest BCUT2D eigenvalue weighted by molar-refractivity contribution is 5.46. The van der Waals surface area contributed by atoms with Gasteiger partial charge in [0, 0.05) is 38.4 Å². The maximum absolute atomic E-state index is 13.0. The summed E-state index contributed by atoms with van der Waals surface area (Å²) in [6.45, 7) is 8.75. The van der Waals surface area contributed by atoms with Gasteiger partial charge in [-0.3, -0.25) is 4.90 Å². The minimum atomic E-state index is -0.189. The van der Waals surface area contributed by atoms with Gasteiger partial charge < -0.3 is 10.0 Å². The zero-order chi connectivity index (χ0) is 16.4. The van der Waals surface area contributed by atoms with Crippen molar-refractivity contribution in [2.45, 2.75) is 20.4 Å². The van der Waals surface area contributed by atoms with E-state index in [0.29, 0.717) is 5.75 Å². The van der Waals surface area contributed by atoms with Crippen LogP contribution in [0.15, 0.2) is 36.4 Å². The van der Waals surface area contributed by atoms with Crippen LogP contribution in [-0.2, 0) is 6.54 Å². The summed E-state index contributed by atoms with van der Waals surface area (Å²) in [6.07, 6.45) is 0. The molecule has 0 unspecified atom stereocenters. The third-order valence-electron chi connectivity index (χ3n) is 4.61. The fraction of sp³-hybridized carbons (Fsp3) is 0.368. The Labute approximate surface area is 137 Å². The number of phenols is 1. The van der Waals surface area contributed by atoms with E-state index in [4.69, 9.17) is 0 Å². The van der Waals surface area contributed by atoms with E-state index in [9.17, 15) is 9.50 Å². The first-order chi connectivity index (χ1) is 11.0. The van der Waals surface area contributed by atoms with Gasteiger partial charge in [0.1, 0.15) is 11.6 Å². The Hall–Kier alpha value is -2.07. The van der Waals surface area contributed by atoms with E-state index in [-0.39, 0.29) is 5.82 Å². The summed E-state index contributed by atoms with van der Waals surface area (Å²) >= 11 is 0. The fourth-order valence-corrected chi connectivity index (χ4v) is 3.09. The lowest BCUT2D eigenvalue weighted by molar-refractivity contribution is 0.249. The minimum Gasteiger partial charge on any atom is -0.508 e. The Kier molecular flexibility index (Phi) is 4.53. The molecule has 1 aliphatic rings. The Morgan fingerprint density at radius 2 is 1.61 bits per heavy atom. The van der Waals surface area contributed by atoms with E-state index < -0.39 is 0 Å². The van der Waals surface area contributed by atoms with Gasteiger partial charge in [-0.25, -0.2) is 4.39 Å². The molecule has 3 rings (SSSR count). The van der Waals surface area contributed by atoms with Crippen LogP contribution in [-0.4, -0.2) is 36.2 Å². The highest BCUT2D eigenvalue weighted by Crippen LogP contribution is 2.23. The maximum atomic E-state index is 13.0. The van der Waals surface area contributed by atoms with Crippen LogP contribution in [0.2, 0.25) is 0 Å². The van der Waals surface area contributed by atoms with Crippen LogP contribution in [0.25, 0.3) is 0 Å². The smallest absolute Gasteiger partial charge is 0.123 e. The number of piperazine rings is 1. The third kappa shape index (κ3) is 3.64. The number of aromatic hydroxyl groups is 1. The summed E-state index contributed by atoms with van der Waals surface area (Å²) in [5.41, 5.74) is 4.42. The molecule has 0 spiro atoms. The van der Waals surface area contributed by atoms with Gasteiger partial charge in [0.25, 0.3) is 0 Å². The zero-order valence-corrected chi connectivity index (χ0v) is 13.7. The van der Waals surface area contributed by atoms with E-state index in [1.54, 1.807) is 0 Å². The molecule has 1 N–H and O–H groups in total. The second kappa shape index (κ2) is 6.59. The number of hydrogen-bond donors (Lipinski definition) is 1. The molecule has 2 aromatic carbocycles. The molecule has 1 aliphatic heterocycles. The number of phenolic OH excluding ortho intramolecular Hbond substituents is 1. The van der Waals surface area contributed by atoms with Crippen LogP contribution in [0.4, 0.5) is 10.1 Å². The molecule has 1 heterocycles. The van der Waals surface area contributed by atoms with Gasteiger partial charge in [-0.1, -0.05) is 6.07 Å². The predicted octanol–water partition coefficient (Wildman–Crippen LogP) is 3.47. The zero-order valence-electron chi connectivity index (χ0n) is 13.7. The topological polar surface area (TPSA) is 26.7 Å². The van der Waals surface area contributed by atoms with Crippen molar-refractivity contribution in [3.8, 4) is 5.75 Å². The summed E-state index contributed by atoms with van der Waals surface area (Å²) in [5, 5.41) is 9.76. The van der Waals surface area contributed by atoms with Crippen molar-refractivity contribution < 1.29 is 9.50 Å². The van der Waals surface area contributed by atoms with E-state index in [2.05, 4.69) is 15.9 Å². The highest BCUT2D eigenvalue weighted by Gasteiger charge is 2.18. The molecule has 0 saturated carbocycles. The van der Waals surface area contributed by atoms with Crippen LogP contribution < -0.4 is 4.90 Å². The lowest BCUT2D eigenvalue weighted by Crippen LogP contribution is -2.46. The quantitative estimate of drug-likeness (QED) is 0.940. The highest BCUT2D eigenvalue weighted by atomic mass is 19.1. The molecule has 122 valence electrons. The first-order valence-corrected chi connectivity index (χ1v) is 8.05. The van der Waals surface area contributed by atoms with Gasteiger partial charge in [0.05, 0.1) is 0 Å². The van der Waals surface area contributed by atoms with Crippen LogP contribution in [0, 0.1) is 19.7 Å². The van der Waals surface area contributed by atoms with Gasteiger partial charge in [0.2, 0.25) is 0 Å². The van der Waals surface area contributed by atoms with Crippen molar-refractivity contribution in [2.24, 2.45) is 0 Å². The van der Waals surface area contributed by atoms with Gasteiger partial charge in [0.15, 0.2) is 0 Å². The van der Waals surface area contributed by atoms with E-state index in [0.717, 1.165) is 49.5 Å². The predicted molar refractivity (Wildman–Crippen MR) is 91.5 cm³/mol. The number of benzene rings is 2. The maximum Gasteiger partial charge on any atom is 0.123 e. The minimum absolute atomic E-state index is 0.189. The molecule has 0 atom stereocenters. The fourth-order valence-electron chi connectivity index (χ4n) is 3.09. The average molecular weight is 314 g/mol. The molecule has 0 radical (unpaired) electrons. The van der Waals surface area contributed by atoms with Gasteiger partial charge in [-0.15, -0.1) is 0 Å². The summed E-state index contributed by atoms with van der Waals surface area (Å²) in [6, 6.07) is 10.7. The number of halogens is 1. The first kappa shape index (κ1) is 15.8. The monoisotopic (exact) mass is 314 g/mol. The Bertz CT molecular complexity index is 677. The number of aryl methyl sites for hydroxylation is 2. The number of nitrogens with zero attached hydrogens (tertiary/aromatic N) is 2. The molecule has 0 bridgehead atoms. The van der Waals surface area contributed by atoms with Crippen LogP contribution in [0.3, 0.4) is 0 Å². The third-order valence-corrected chi connectivity index (χ3v) is 4.61. The van der Waals surface area contributed by atoms with Crippen molar-refractivity contribution in [3.05, 3.63) is 58.9 Å². The molecule has 3 nitrogen and oxygen atoms in total. The van der Waals surface area contributed by atoms with Crippen LogP contribution in [0.1, 0.15) is 16.7 Å². The van der Waals surface area contributed by atoms with Crippen molar-refractivity contribution in [1.82, 2.24) is 4.90 Å². The molecule has 0 aromatic heterocycles. The number of anilines is 1. The van der Waals surface area contributed by atoms with E-state index in [1.807, 2.05) is 32.0 Å². The van der Waals surface area contributed by atoms with Crippen LogP contribution >= 0.6 is 0 Å². The van der Waals surface area contributed by atoms with Gasteiger partial charge in [-0.05, 0) is 60.9 Å². The van der Waals surface area contributed by atoms with Gasteiger partial charge >= 0.3 is 0 Å². The second-order valence-electron chi connectivity index (χ2n) is 6.30. The summed E-state index contributed by atoms with van der Waals surface area (Å²) in [7, 11) is 0. The average Bonchev–Trinajstić information content (AvgIpc) is 2.54. The molecule has 0 aliphatic carbocycles. The lowest BCUT2D eigenvalue weighted by atomic mass is 10.0. The molecular weight excluding hydrogens is 291 g/mol. The number of hydrogen-bond acceptors (Lipinski definition) is 3. The van der Waals surface area contributed by atoms with Crippen molar-refractivity contribution in [1.29, 1.82) is 0 Å². The van der Waals surface area contributed by atoms with Gasteiger partial charge in [-0.2, -0.15) is 0 Å². The summed E-state index contributed by atoms with van der Waals surface area (Å²) < 4.78 is 13.0. The van der Waals surface area contributed by atoms with E-state index >= 15 is 0 Å². The molecule has 23 heavy (non-hydrogen) atoms. The van der Waals surface area contributed by atoms with Crippen molar-refractivity contribution >= 4 is 5.69 Å². The molecular formula is C19H23FN2O. The molecule has 4 heteroatoms. The normalized spacial score (nSPS) is 15.9. The Morgan fingerprint density at radius 3 is 2.26 bits per heavy atom. The first-order valence-electron chi connectivity index (χ1n) is 8.05. The standard InChI is InChI=1S/C19H23FN2O/c1-14-12-19(23)15(2)11-16(14)13-21-7-9-22(10-8-21)18-5-3-17(20)4-6-18/h3-6,11-12,23H,7-10,13H2,1-2H3. The summed E-state index contributed by atoms with van der Waals surface area (Å²) in [5.74, 6) is 0.179. The lowest BCUT2D eigenvalue weighted by Gasteiger charge is -2.36. The molecule has 1 saturated heterocycles. The number of rotatable bonds is 3. The SMILES string of the molecule is Cc1cc(CN2CCN(c3ccc(F)cc3)CC2)c(C)cc1O. The van der Waals surface area contributed by atoms with Crippen LogP contribution in [0.5, 0.6) is 5.75 Å². The largest absolute Gasteiger partial charge is 0.508 e. The summed E-state index contributed by atoms with van der Waals surface area (Å²) in [4.78, 5) is 4.73.